The lowest BCUT2D eigenvalue weighted by Crippen LogP contribution is -2.49. The van der Waals surface area contributed by atoms with Gasteiger partial charge in [-0.05, 0) is 26.1 Å². The normalized spacial score (nSPS) is 13.2. The molecule has 0 saturated carbocycles. The van der Waals surface area contributed by atoms with Gasteiger partial charge in [0.2, 0.25) is 0 Å². The summed E-state index contributed by atoms with van der Waals surface area (Å²) in [6.07, 6.45) is 0. The van der Waals surface area contributed by atoms with Gasteiger partial charge < -0.3 is 4.57 Å². The van der Waals surface area contributed by atoms with Gasteiger partial charge in [-0.2, -0.15) is 9.98 Å². The first-order valence-corrected chi connectivity index (χ1v) is 5.36. The quantitative estimate of drug-likeness (QED) is 0.669. The Balaban J connectivity index is 3.10. The van der Waals surface area contributed by atoms with Crippen molar-refractivity contribution in [2.45, 2.75) is 26.9 Å². The van der Waals surface area contributed by atoms with Gasteiger partial charge in [-0.25, -0.2) is 4.79 Å². The lowest BCUT2D eigenvalue weighted by Gasteiger charge is -2.07. The molecule has 0 aliphatic carbocycles. The molecule has 0 atom stereocenters. The van der Waals surface area contributed by atoms with Gasteiger partial charge in [-0.1, -0.05) is 0 Å². The first-order chi connectivity index (χ1) is 7.60. The lowest BCUT2D eigenvalue weighted by atomic mass is 10.5. The van der Waals surface area contributed by atoms with Gasteiger partial charge in [0.15, 0.2) is 15.6 Å². The van der Waals surface area contributed by atoms with E-state index in [0.29, 0.717) is 17.9 Å². The van der Waals surface area contributed by atoms with E-state index in [1.165, 1.54) is 4.57 Å². The van der Waals surface area contributed by atoms with Crippen LogP contribution >= 0.6 is 12.2 Å². The molecule has 0 N–H and O–H groups in total. The molecule has 1 aliphatic rings. The van der Waals surface area contributed by atoms with E-state index in [0.717, 1.165) is 0 Å². The first-order valence-electron chi connectivity index (χ1n) is 4.95. The SMILES string of the molecule is CCn1c(=O)c2c(n(CC)c1=S)=NC(=O)N=2. The number of fused-ring (bicyclic) bond motifs is 1. The summed E-state index contributed by atoms with van der Waals surface area (Å²) in [5, 5.41) is 0.0994. The molecule has 7 heteroatoms. The lowest BCUT2D eigenvalue weighted by molar-refractivity contribution is 0.256. The summed E-state index contributed by atoms with van der Waals surface area (Å²) in [6.45, 7) is 4.69. The van der Waals surface area contributed by atoms with Crippen LogP contribution in [0.25, 0.3) is 0 Å². The van der Waals surface area contributed by atoms with Crippen LogP contribution in [-0.2, 0) is 13.1 Å². The van der Waals surface area contributed by atoms with Crippen molar-refractivity contribution >= 4 is 18.2 Å². The molecule has 2 heterocycles. The number of hydrogen-bond donors (Lipinski definition) is 0. The zero-order chi connectivity index (χ0) is 11.9. The van der Waals surface area contributed by atoms with Crippen LogP contribution in [0, 0.1) is 4.77 Å². The molecule has 1 aliphatic heterocycles. The fourth-order valence-electron chi connectivity index (χ4n) is 1.66. The summed E-state index contributed by atoms with van der Waals surface area (Å²) in [4.78, 5) is 30.3. The van der Waals surface area contributed by atoms with Crippen LogP contribution in [0.1, 0.15) is 13.8 Å². The molecule has 0 radical (unpaired) electrons. The van der Waals surface area contributed by atoms with Gasteiger partial charge >= 0.3 is 6.03 Å². The second-order valence-corrected chi connectivity index (χ2v) is 3.62. The summed E-state index contributed by atoms with van der Waals surface area (Å²) in [7, 11) is 0. The maximum atomic E-state index is 11.9. The van der Waals surface area contributed by atoms with Crippen molar-refractivity contribution in [1.82, 2.24) is 9.13 Å². The van der Waals surface area contributed by atoms with Crippen LogP contribution < -0.4 is 16.4 Å². The molecule has 2 amide bonds. The predicted molar refractivity (Wildman–Crippen MR) is 58.6 cm³/mol. The zero-order valence-corrected chi connectivity index (χ0v) is 9.74. The smallest absolute Gasteiger partial charge is 0.301 e. The van der Waals surface area contributed by atoms with Crippen LogP contribution in [-0.4, -0.2) is 15.2 Å². The van der Waals surface area contributed by atoms with E-state index in [9.17, 15) is 9.59 Å². The third kappa shape index (κ3) is 1.35. The highest BCUT2D eigenvalue weighted by Crippen LogP contribution is 1.89. The Morgan fingerprint density at radius 1 is 1.12 bits per heavy atom. The number of urea groups is 1. The second kappa shape index (κ2) is 3.75. The van der Waals surface area contributed by atoms with Gasteiger partial charge in [-0.15, -0.1) is 0 Å². The number of nitrogens with zero attached hydrogens (tertiary/aromatic N) is 4. The average Bonchev–Trinajstić information content (AvgIpc) is 2.62. The van der Waals surface area contributed by atoms with E-state index in [-0.39, 0.29) is 16.4 Å². The highest BCUT2D eigenvalue weighted by atomic mass is 32.1. The summed E-state index contributed by atoms with van der Waals surface area (Å²) in [6, 6.07) is -0.641. The van der Waals surface area contributed by atoms with E-state index in [4.69, 9.17) is 12.2 Å². The van der Waals surface area contributed by atoms with E-state index >= 15 is 0 Å². The summed E-state index contributed by atoms with van der Waals surface area (Å²) in [5.41, 5.74) is -0.0611. The number of aromatic nitrogens is 2. The second-order valence-electron chi connectivity index (χ2n) is 3.25. The predicted octanol–water partition coefficient (Wildman–Crippen LogP) is -0.208. The standard InChI is InChI=1S/C9H10N4O2S/c1-3-12-6-5(10-8(15)11-6)7(14)13(4-2)9(12)16/h3-4H2,1-2H3. The molecule has 16 heavy (non-hydrogen) atoms. The number of carbonyl (C=O) groups is 1. The molecule has 0 fully saturated rings. The molecular formula is C9H10N4O2S. The van der Waals surface area contributed by atoms with Crippen molar-refractivity contribution in [1.29, 1.82) is 0 Å². The molecule has 1 aromatic rings. The summed E-state index contributed by atoms with van der Waals surface area (Å²) < 4.78 is 3.43. The van der Waals surface area contributed by atoms with Crippen LogP contribution in [0.3, 0.4) is 0 Å². The Hall–Kier alpha value is -1.63. The van der Waals surface area contributed by atoms with Crippen LogP contribution in [0.2, 0.25) is 0 Å². The van der Waals surface area contributed by atoms with Crippen LogP contribution in [0.5, 0.6) is 0 Å². The Labute approximate surface area is 95.6 Å². The minimum absolute atomic E-state index is 0.0994. The number of rotatable bonds is 2. The van der Waals surface area contributed by atoms with E-state index in [2.05, 4.69) is 9.98 Å². The summed E-state index contributed by atoms with van der Waals surface area (Å²) in [5.74, 6) is 0. The average molecular weight is 238 g/mol. The molecule has 2 rings (SSSR count). The minimum atomic E-state index is -0.641. The van der Waals surface area contributed by atoms with Crippen LogP contribution in [0.15, 0.2) is 14.8 Å². The first kappa shape index (κ1) is 10.9. The van der Waals surface area contributed by atoms with Gasteiger partial charge in [0.25, 0.3) is 5.56 Å². The third-order valence-electron chi connectivity index (χ3n) is 2.42. The molecule has 0 unspecified atom stereocenters. The molecule has 84 valence electrons. The topological polar surface area (TPSA) is 68.7 Å². The van der Waals surface area contributed by atoms with Crippen molar-refractivity contribution in [2.75, 3.05) is 0 Å². The van der Waals surface area contributed by atoms with Crippen molar-refractivity contribution in [2.24, 2.45) is 9.98 Å². The Bertz CT molecular complexity index is 698. The molecule has 6 nitrogen and oxygen atoms in total. The molecular weight excluding hydrogens is 228 g/mol. The maximum Gasteiger partial charge on any atom is 0.369 e. The minimum Gasteiger partial charge on any atom is -0.301 e. The highest BCUT2D eigenvalue weighted by molar-refractivity contribution is 7.71. The highest BCUT2D eigenvalue weighted by Gasteiger charge is 2.14. The van der Waals surface area contributed by atoms with Gasteiger partial charge in [0, 0.05) is 13.1 Å². The molecule has 0 saturated heterocycles. The number of carbonyl (C=O) groups excluding carboxylic acids is 1. The van der Waals surface area contributed by atoms with E-state index in [1.807, 2.05) is 13.8 Å². The van der Waals surface area contributed by atoms with Crippen molar-refractivity contribution in [3.63, 3.8) is 0 Å². The fourth-order valence-corrected chi connectivity index (χ4v) is 2.09. The van der Waals surface area contributed by atoms with Crippen molar-refractivity contribution in [3.8, 4) is 0 Å². The fraction of sp³-hybridized carbons (Fsp3) is 0.444. The Morgan fingerprint density at radius 3 is 2.31 bits per heavy atom. The van der Waals surface area contributed by atoms with Gasteiger partial charge in [0.05, 0.1) is 0 Å². The van der Waals surface area contributed by atoms with Crippen molar-refractivity contribution < 1.29 is 4.79 Å². The largest absolute Gasteiger partial charge is 0.369 e. The number of hydrogen-bond acceptors (Lipinski definition) is 3. The van der Waals surface area contributed by atoms with E-state index in [1.54, 1.807) is 4.57 Å². The molecule has 0 aromatic carbocycles. The summed E-state index contributed by atoms with van der Waals surface area (Å²) >= 11 is 5.17. The van der Waals surface area contributed by atoms with Crippen LogP contribution in [0.4, 0.5) is 4.79 Å². The van der Waals surface area contributed by atoms with E-state index < -0.39 is 6.03 Å². The Morgan fingerprint density at radius 2 is 1.75 bits per heavy atom. The molecule has 0 spiro atoms. The maximum absolute atomic E-state index is 11.9. The number of amides is 2. The van der Waals surface area contributed by atoms with Crippen molar-refractivity contribution in [3.05, 3.63) is 26.0 Å². The van der Waals surface area contributed by atoms with Gasteiger partial charge in [0.1, 0.15) is 0 Å². The third-order valence-corrected chi connectivity index (χ3v) is 2.86. The monoisotopic (exact) mass is 238 g/mol. The Kier molecular flexibility index (Phi) is 2.55. The zero-order valence-electron chi connectivity index (χ0n) is 8.93. The molecule has 0 bridgehead atoms. The van der Waals surface area contributed by atoms with Gasteiger partial charge in [-0.3, -0.25) is 9.36 Å². The molecule has 1 aromatic heterocycles.